The van der Waals surface area contributed by atoms with Crippen molar-refractivity contribution in [3.63, 3.8) is 0 Å². The normalized spacial score (nSPS) is 12.9. The van der Waals surface area contributed by atoms with Gasteiger partial charge in [-0.15, -0.1) is 0 Å². The van der Waals surface area contributed by atoms with Crippen LogP contribution in [0.4, 0.5) is 5.69 Å². The fraction of sp³-hybridized carbons (Fsp3) is 0.0952. The number of benzene rings is 3. The van der Waals surface area contributed by atoms with Crippen LogP contribution in [0.15, 0.2) is 82.1 Å². The van der Waals surface area contributed by atoms with Crippen LogP contribution in [0.5, 0.6) is 0 Å². The summed E-state index contributed by atoms with van der Waals surface area (Å²) in [7, 11) is -3.78. The average molecular weight is 394 g/mol. The Bertz CT molecular complexity index is 1260. The van der Waals surface area contributed by atoms with Crippen molar-refractivity contribution in [3.8, 4) is 0 Å². The number of furan rings is 1. The number of hydrogen-bond donors (Lipinski definition) is 2. The zero-order valence-electron chi connectivity index (χ0n) is 15.0. The van der Waals surface area contributed by atoms with Gasteiger partial charge in [-0.25, -0.2) is 8.42 Å². The van der Waals surface area contributed by atoms with E-state index < -0.39 is 22.0 Å². The van der Waals surface area contributed by atoms with E-state index in [0.29, 0.717) is 11.3 Å². The molecule has 1 heterocycles. The van der Waals surface area contributed by atoms with Crippen molar-refractivity contribution < 1.29 is 17.6 Å². The second-order valence-electron chi connectivity index (χ2n) is 6.45. The third kappa shape index (κ3) is 3.49. The number of carbonyl (C=O) groups excluding carboxylic acids is 1. The lowest BCUT2D eigenvalue weighted by molar-refractivity contribution is -0.117. The molecule has 1 aromatic heterocycles. The molecule has 0 aliphatic carbocycles. The van der Waals surface area contributed by atoms with E-state index in [1.54, 1.807) is 30.3 Å². The Morgan fingerprint density at radius 3 is 2.36 bits per heavy atom. The fourth-order valence-electron chi connectivity index (χ4n) is 3.01. The summed E-state index contributed by atoms with van der Waals surface area (Å²) in [4.78, 5) is 12.6. The summed E-state index contributed by atoms with van der Waals surface area (Å²) < 4.78 is 32.9. The Hall–Kier alpha value is -3.16. The van der Waals surface area contributed by atoms with E-state index in [4.69, 9.17) is 4.42 Å². The summed E-state index contributed by atoms with van der Waals surface area (Å²) in [5, 5.41) is 4.68. The smallest absolute Gasteiger partial charge is 0.242 e. The third-order valence-corrected chi connectivity index (χ3v) is 5.98. The lowest BCUT2D eigenvalue weighted by Gasteiger charge is -2.14. The largest absolute Gasteiger partial charge is 0.456 e. The van der Waals surface area contributed by atoms with Crippen molar-refractivity contribution >= 4 is 43.6 Å². The Labute approximate surface area is 162 Å². The average Bonchev–Trinajstić information content (AvgIpc) is 3.06. The summed E-state index contributed by atoms with van der Waals surface area (Å²) in [5.41, 5.74) is 1.95. The molecule has 0 unspecified atom stereocenters. The van der Waals surface area contributed by atoms with Crippen LogP contribution in [0.2, 0.25) is 0 Å². The number of amides is 1. The monoisotopic (exact) mass is 394 g/mol. The van der Waals surface area contributed by atoms with Crippen molar-refractivity contribution in [2.75, 3.05) is 5.32 Å². The van der Waals surface area contributed by atoms with Gasteiger partial charge < -0.3 is 9.73 Å². The number of sulfonamides is 1. The number of carbonyl (C=O) groups is 1. The van der Waals surface area contributed by atoms with Crippen molar-refractivity contribution in [2.24, 2.45) is 0 Å². The Kier molecular flexibility index (Phi) is 4.62. The summed E-state index contributed by atoms with van der Waals surface area (Å²) in [6.07, 6.45) is 0. The first-order valence-corrected chi connectivity index (χ1v) is 10.2. The fourth-order valence-corrected chi connectivity index (χ4v) is 4.23. The maximum absolute atomic E-state index is 12.5. The molecule has 0 saturated heterocycles. The van der Waals surface area contributed by atoms with Crippen molar-refractivity contribution in [2.45, 2.75) is 17.9 Å². The van der Waals surface area contributed by atoms with Gasteiger partial charge in [0.15, 0.2) is 0 Å². The zero-order valence-corrected chi connectivity index (χ0v) is 15.9. The Morgan fingerprint density at radius 2 is 1.57 bits per heavy atom. The van der Waals surface area contributed by atoms with Gasteiger partial charge in [-0.1, -0.05) is 36.4 Å². The van der Waals surface area contributed by atoms with Gasteiger partial charge in [0.05, 0.1) is 10.9 Å². The maximum Gasteiger partial charge on any atom is 0.242 e. The standard InChI is InChI=1S/C21H18N2O4S/c1-14(23-28(25,26)16-7-3-2-4-8-16)21(24)22-15-11-12-18-17-9-5-6-10-19(17)27-20(18)13-15/h2-14,23H,1H3,(H,22,24)/t14-/m0/s1. The molecule has 0 aliphatic heterocycles. The highest BCUT2D eigenvalue weighted by Crippen LogP contribution is 2.30. The zero-order chi connectivity index (χ0) is 19.7. The quantitative estimate of drug-likeness (QED) is 0.537. The molecule has 0 aliphatic rings. The molecular formula is C21H18N2O4S. The second-order valence-corrected chi connectivity index (χ2v) is 8.17. The summed E-state index contributed by atoms with van der Waals surface area (Å²) in [5.74, 6) is -0.463. The minimum atomic E-state index is -3.78. The second kappa shape index (κ2) is 7.10. The summed E-state index contributed by atoms with van der Waals surface area (Å²) in [6.45, 7) is 1.50. The number of para-hydroxylation sites is 1. The van der Waals surface area contributed by atoms with E-state index >= 15 is 0 Å². The highest BCUT2D eigenvalue weighted by molar-refractivity contribution is 7.89. The maximum atomic E-state index is 12.5. The van der Waals surface area contributed by atoms with Gasteiger partial charge in [0.1, 0.15) is 11.2 Å². The van der Waals surface area contributed by atoms with E-state index in [0.717, 1.165) is 16.4 Å². The first-order valence-electron chi connectivity index (χ1n) is 8.73. The van der Waals surface area contributed by atoms with Crippen molar-refractivity contribution in [1.29, 1.82) is 0 Å². The molecule has 4 aromatic rings. The van der Waals surface area contributed by atoms with Crippen LogP contribution < -0.4 is 10.0 Å². The molecule has 1 amide bonds. The molecule has 3 aromatic carbocycles. The topological polar surface area (TPSA) is 88.4 Å². The van der Waals surface area contributed by atoms with Gasteiger partial charge in [0.25, 0.3) is 0 Å². The molecular weight excluding hydrogens is 376 g/mol. The third-order valence-electron chi connectivity index (χ3n) is 4.43. The molecule has 7 heteroatoms. The molecule has 1 atom stereocenters. The van der Waals surface area contributed by atoms with Gasteiger partial charge in [-0.05, 0) is 37.3 Å². The van der Waals surface area contributed by atoms with Crippen LogP contribution in [0.1, 0.15) is 6.92 Å². The first kappa shape index (κ1) is 18.2. The summed E-state index contributed by atoms with van der Waals surface area (Å²) in [6, 6.07) is 20.0. The SMILES string of the molecule is C[C@H](NS(=O)(=O)c1ccccc1)C(=O)Nc1ccc2c(c1)oc1ccccc12. The number of hydrogen-bond acceptors (Lipinski definition) is 4. The molecule has 142 valence electrons. The van der Waals surface area contributed by atoms with E-state index in [1.165, 1.54) is 19.1 Å². The van der Waals surface area contributed by atoms with Crippen LogP contribution in [0.25, 0.3) is 21.9 Å². The number of anilines is 1. The predicted molar refractivity (Wildman–Crippen MR) is 109 cm³/mol. The van der Waals surface area contributed by atoms with Gasteiger partial charge in [0.2, 0.25) is 15.9 Å². The molecule has 0 fully saturated rings. The van der Waals surface area contributed by atoms with Crippen LogP contribution in [-0.4, -0.2) is 20.4 Å². The Morgan fingerprint density at radius 1 is 0.893 bits per heavy atom. The number of nitrogens with one attached hydrogen (secondary N) is 2. The highest BCUT2D eigenvalue weighted by Gasteiger charge is 2.22. The molecule has 0 saturated carbocycles. The van der Waals surface area contributed by atoms with E-state index in [9.17, 15) is 13.2 Å². The van der Waals surface area contributed by atoms with E-state index in [-0.39, 0.29) is 4.90 Å². The molecule has 2 N–H and O–H groups in total. The van der Waals surface area contributed by atoms with E-state index in [2.05, 4.69) is 10.0 Å². The van der Waals surface area contributed by atoms with Crippen molar-refractivity contribution in [3.05, 3.63) is 72.8 Å². The minimum Gasteiger partial charge on any atom is -0.456 e. The minimum absolute atomic E-state index is 0.110. The van der Waals surface area contributed by atoms with Gasteiger partial charge in [0, 0.05) is 22.5 Å². The molecule has 28 heavy (non-hydrogen) atoms. The molecule has 0 radical (unpaired) electrons. The van der Waals surface area contributed by atoms with Crippen LogP contribution in [0, 0.1) is 0 Å². The lowest BCUT2D eigenvalue weighted by atomic mass is 10.1. The molecule has 0 spiro atoms. The van der Waals surface area contributed by atoms with Crippen LogP contribution in [-0.2, 0) is 14.8 Å². The number of fused-ring (bicyclic) bond motifs is 3. The number of rotatable bonds is 5. The van der Waals surface area contributed by atoms with Gasteiger partial charge in [-0.2, -0.15) is 4.72 Å². The predicted octanol–water partition coefficient (Wildman–Crippen LogP) is 3.89. The van der Waals surface area contributed by atoms with Crippen LogP contribution >= 0.6 is 0 Å². The van der Waals surface area contributed by atoms with E-state index in [1.807, 2.05) is 30.3 Å². The lowest BCUT2D eigenvalue weighted by Crippen LogP contribution is -2.41. The molecule has 4 rings (SSSR count). The van der Waals surface area contributed by atoms with Gasteiger partial charge >= 0.3 is 0 Å². The van der Waals surface area contributed by atoms with Crippen molar-refractivity contribution in [1.82, 2.24) is 4.72 Å². The molecule has 6 nitrogen and oxygen atoms in total. The Balaban J connectivity index is 1.52. The first-order chi connectivity index (χ1) is 13.4. The van der Waals surface area contributed by atoms with Gasteiger partial charge in [-0.3, -0.25) is 4.79 Å². The highest BCUT2D eigenvalue weighted by atomic mass is 32.2. The summed E-state index contributed by atoms with van der Waals surface area (Å²) >= 11 is 0. The van der Waals surface area contributed by atoms with Crippen LogP contribution in [0.3, 0.4) is 0 Å². The molecule has 0 bridgehead atoms.